The highest BCUT2D eigenvalue weighted by Gasteiger charge is 2.22. The fourth-order valence-corrected chi connectivity index (χ4v) is 11.2. The molecule has 0 aromatic rings. The number of quaternary nitrogens is 1. The molecule has 0 spiro atoms. The van der Waals surface area contributed by atoms with Crippen molar-refractivity contribution >= 4 is 19.8 Å². The molecule has 9 nitrogen and oxygen atoms in total. The number of unbranched alkanes of at least 4 members (excludes halogenated alkanes) is 44. The van der Waals surface area contributed by atoms with E-state index in [-0.39, 0.29) is 32.0 Å². The zero-order chi connectivity index (χ0) is 59.8. The number of carbonyl (C=O) groups excluding carboxylic acids is 2. The molecule has 0 saturated heterocycles. The lowest BCUT2D eigenvalue weighted by atomic mass is 10.0. The lowest BCUT2D eigenvalue weighted by Crippen LogP contribution is -2.37. The first-order chi connectivity index (χ1) is 40.0. The Morgan fingerprint density at radius 3 is 1.04 bits per heavy atom. The van der Waals surface area contributed by atoms with Crippen molar-refractivity contribution < 1.29 is 42.1 Å². The number of hydrogen-bond acceptors (Lipinski definition) is 8. The van der Waals surface area contributed by atoms with Crippen molar-refractivity contribution in [1.29, 1.82) is 0 Å². The number of ether oxygens (including phenoxy) is 2. The van der Waals surface area contributed by atoms with E-state index < -0.39 is 26.5 Å². The molecule has 0 aromatic heterocycles. The molecule has 0 aliphatic carbocycles. The quantitative estimate of drug-likeness (QED) is 0.0195. The number of nitrogens with zero attached hydrogens (tertiary/aromatic N) is 1. The summed E-state index contributed by atoms with van der Waals surface area (Å²) in [5.74, 6) is -0.810. The fraction of sp³-hybridized carbons (Fsp3) is 0.861. The van der Waals surface area contributed by atoms with Crippen molar-refractivity contribution in [2.24, 2.45) is 0 Å². The molecule has 2 unspecified atom stereocenters. The average molecular weight is 1170 g/mol. The third-order valence-electron chi connectivity index (χ3n) is 15.9. The molecule has 0 bridgehead atoms. The molecular formula is C72H136NO8P. The van der Waals surface area contributed by atoms with Crippen molar-refractivity contribution in [3.05, 3.63) is 48.6 Å². The maximum atomic E-state index is 12.9. The molecule has 0 aromatic carbocycles. The van der Waals surface area contributed by atoms with E-state index in [0.29, 0.717) is 17.4 Å². The van der Waals surface area contributed by atoms with E-state index in [0.717, 1.165) is 57.8 Å². The largest absolute Gasteiger partial charge is 0.756 e. The zero-order valence-electron chi connectivity index (χ0n) is 55.0. The van der Waals surface area contributed by atoms with Crippen LogP contribution in [0, 0.1) is 0 Å². The summed E-state index contributed by atoms with van der Waals surface area (Å²) in [6.07, 6.45) is 82.0. The summed E-state index contributed by atoms with van der Waals surface area (Å²) in [4.78, 5) is 38.1. The summed E-state index contributed by atoms with van der Waals surface area (Å²) >= 11 is 0. The number of allylic oxidation sites excluding steroid dienone is 8. The Morgan fingerprint density at radius 2 is 0.695 bits per heavy atom. The van der Waals surface area contributed by atoms with Crippen LogP contribution >= 0.6 is 7.82 Å². The number of phosphoric ester groups is 1. The molecule has 0 fully saturated rings. The smallest absolute Gasteiger partial charge is 0.306 e. The van der Waals surface area contributed by atoms with E-state index in [4.69, 9.17) is 18.5 Å². The second-order valence-electron chi connectivity index (χ2n) is 25.2. The van der Waals surface area contributed by atoms with Crippen LogP contribution in [-0.4, -0.2) is 70.0 Å². The molecular weight excluding hydrogens is 1040 g/mol. The van der Waals surface area contributed by atoms with Crippen LogP contribution in [0.4, 0.5) is 0 Å². The normalized spacial score (nSPS) is 13.4. The highest BCUT2D eigenvalue weighted by atomic mass is 31.2. The molecule has 482 valence electrons. The Hall–Kier alpha value is -2.03. The first kappa shape index (κ1) is 80.0. The van der Waals surface area contributed by atoms with E-state index in [1.54, 1.807) is 0 Å². The number of likely N-dealkylation sites (N-methyl/N-ethyl adjacent to an activating group) is 1. The number of carbonyl (C=O) groups is 2. The summed E-state index contributed by atoms with van der Waals surface area (Å²) in [6, 6.07) is 0. The van der Waals surface area contributed by atoms with Crippen LogP contribution in [0.15, 0.2) is 48.6 Å². The summed E-state index contributed by atoms with van der Waals surface area (Å²) in [6.45, 7) is 4.20. The van der Waals surface area contributed by atoms with Crippen LogP contribution in [0.1, 0.15) is 348 Å². The Labute approximate surface area is 509 Å². The average Bonchev–Trinajstić information content (AvgIpc) is 3.45. The highest BCUT2D eigenvalue weighted by molar-refractivity contribution is 7.45. The Morgan fingerprint density at radius 1 is 0.390 bits per heavy atom. The molecule has 0 rings (SSSR count). The van der Waals surface area contributed by atoms with Crippen LogP contribution < -0.4 is 4.89 Å². The van der Waals surface area contributed by atoms with E-state index >= 15 is 0 Å². The van der Waals surface area contributed by atoms with Gasteiger partial charge in [0.25, 0.3) is 7.82 Å². The minimum Gasteiger partial charge on any atom is -0.756 e. The van der Waals surface area contributed by atoms with Crippen molar-refractivity contribution in [3.63, 3.8) is 0 Å². The van der Waals surface area contributed by atoms with Gasteiger partial charge in [0.15, 0.2) is 6.10 Å². The molecule has 0 aliphatic heterocycles. The fourth-order valence-electron chi connectivity index (χ4n) is 10.5. The minimum absolute atomic E-state index is 0.0276. The summed E-state index contributed by atoms with van der Waals surface area (Å²) in [7, 11) is 1.19. The van der Waals surface area contributed by atoms with Gasteiger partial charge in [0, 0.05) is 12.8 Å². The lowest BCUT2D eigenvalue weighted by Gasteiger charge is -2.28. The molecule has 10 heteroatoms. The van der Waals surface area contributed by atoms with Gasteiger partial charge in [-0.1, -0.05) is 332 Å². The van der Waals surface area contributed by atoms with E-state index in [1.165, 1.54) is 257 Å². The molecule has 0 radical (unpaired) electrons. The molecule has 82 heavy (non-hydrogen) atoms. The third kappa shape index (κ3) is 67.1. The maximum Gasteiger partial charge on any atom is 0.306 e. The van der Waals surface area contributed by atoms with Crippen LogP contribution in [0.25, 0.3) is 0 Å². The molecule has 0 heterocycles. The third-order valence-corrected chi connectivity index (χ3v) is 16.8. The van der Waals surface area contributed by atoms with Gasteiger partial charge in [0.2, 0.25) is 0 Å². The van der Waals surface area contributed by atoms with Gasteiger partial charge in [0.05, 0.1) is 27.7 Å². The zero-order valence-corrected chi connectivity index (χ0v) is 55.8. The molecule has 0 aliphatic rings. The van der Waals surface area contributed by atoms with Gasteiger partial charge in [0.1, 0.15) is 19.8 Å². The van der Waals surface area contributed by atoms with Crippen LogP contribution in [0.3, 0.4) is 0 Å². The molecule has 2 atom stereocenters. The number of hydrogen-bond donors (Lipinski definition) is 0. The van der Waals surface area contributed by atoms with E-state index in [1.807, 2.05) is 21.1 Å². The predicted octanol–water partition coefficient (Wildman–Crippen LogP) is 22.2. The van der Waals surface area contributed by atoms with Gasteiger partial charge in [-0.3, -0.25) is 14.2 Å². The standard InChI is InChI=1S/C72H136NO8P/c1-6-8-10-12-14-16-18-20-22-24-26-28-30-31-32-33-34-35-36-37-38-39-40-41-43-45-47-49-51-53-55-57-59-61-63-65-72(75)81-70(69-80-82(76,77)79-67-66-73(3,4)5)68-78-71(74)64-62-60-58-56-54-52-50-48-46-44-42-29-27-25-23-21-19-17-15-13-11-9-7-2/h8,10,14,16,20,22,26,28,70H,6-7,9,11-13,15,17-19,21,23-25,27,29-69H2,1-5H3/b10-8-,16-14-,22-20-,28-26-. The summed E-state index contributed by atoms with van der Waals surface area (Å²) in [5, 5.41) is 0. The first-order valence-corrected chi connectivity index (χ1v) is 36.8. The first-order valence-electron chi connectivity index (χ1n) is 35.3. The van der Waals surface area contributed by atoms with Crippen molar-refractivity contribution in [3.8, 4) is 0 Å². The van der Waals surface area contributed by atoms with Crippen molar-refractivity contribution in [2.75, 3.05) is 47.5 Å². The topological polar surface area (TPSA) is 111 Å². The van der Waals surface area contributed by atoms with Crippen LogP contribution in [0.2, 0.25) is 0 Å². The van der Waals surface area contributed by atoms with Gasteiger partial charge < -0.3 is 27.9 Å². The highest BCUT2D eigenvalue weighted by Crippen LogP contribution is 2.38. The Balaban J connectivity index is 3.96. The molecule has 0 saturated carbocycles. The van der Waals surface area contributed by atoms with Crippen LogP contribution in [-0.2, 0) is 32.7 Å². The van der Waals surface area contributed by atoms with Crippen molar-refractivity contribution in [2.45, 2.75) is 354 Å². The van der Waals surface area contributed by atoms with Gasteiger partial charge in [-0.05, 0) is 51.4 Å². The van der Waals surface area contributed by atoms with Gasteiger partial charge in [-0.2, -0.15) is 0 Å². The van der Waals surface area contributed by atoms with Gasteiger partial charge in [-0.15, -0.1) is 0 Å². The predicted molar refractivity (Wildman–Crippen MR) is 351 cm³/mol. The summed E-state index contributed by atoms with van der Waals surface area (Å²) < 4.78 is 34.3. The monoisotopic (exact) mass is 1170 g/mol. The molecule has 0 amide bonds. The number of rotatable bonds is 66. The Kier molecular flexibility index (Phi) is 61.9. The Bertz CT molecular complexity index is 1520. The minimum atomic E-state index is -4.64. The van der Waals surface area contributed by atoms with E-state index in [2.05, 4.69) is 62.5 Å². The lowest BCUT2D eigenvalue weighted by molar-refractivity contribution is -0.870. The van der Waals surface area contributed by atoms with Gasteiger partial charge >= 0.3 is 11.9 Å². The molecule has 0 N–H and O–H groups in total. The van der Waals surface area contributed by atoms with Gasteiger partial charge in [-0.25, -0.2) is 0 Å². The second kappa shape index (κ2) is 63.5. The summed E-state index contributed by atoms with van der Waals surface area (Å²) in [5.41, 5.74) is 0. The van der Waals surface area contributed by atoms with Crippen LogP contribution in [0.5, 0.6) is 0 Å². The number of phosphoric acid groups is 1. The van der Waals surface area contributed by atoms with Crippen molar-refractivity contribution in [1.82, 2.24) is 0 Å². The maximum absolute atomic E-state index is 12.9. The second-order valence-corrected chi connectivity index (χ2v) is 26.6. The number of esters is 2. The SMILES string of the molecule is CC/C=C\C/C=C\C/C=C\C/C=C\CCCCCCCCCCCCCCCCCCCCCCCCC(=O)OC(COC(=O)CCCCCCCCCCCCCCCCCCCCCCCCC)COP(=O)([O-])OCC[N+](C)(C)C. The van der Waals surface area contributed by atoms with E-state index in [9.17, 15) is 19.0 Å².